The van der Waals surface area contributed by atoms with E-state index in [2.05, 4.69) is 18.3 Å². The molecule has 0 aliphatic carbocycles. The van der Waals surface area contributed by atoms with Crippen LogP contribution in [0, 0.1) is 20.8 Å². The zero-order chi connectivity index (χ0) is 12.3. The number of hydrogen-bond acceptors (Lipinski definition) is 2. The van der Waals surface area contributed by atoms with Gasteiger partial charge in [-0.25, -0.2) is 0 Å². The lowest BCUT2D eigenvalue weighted by atomic mass is 9.99. The zero-order valence-corrected chi connectivity index (χ0v) is 10.6. The second kappa shape index (κ2) is 5.01. The van der Waals surface area contributed by atoms with Gasteiger partial charge in [0.25, 0.3) is 0 Å². The summed E-state index contributed by atoms with van der Waals surface area (Å²) in [5, 5.41) is 2.81. The first kappa shape index (κ1) is 12.6. The van der Waals surface area contributed by atoms with Crippen molar-refractivity contribution < 1.29 is 9.53 Å². The molecule has 0 aliphatic heterocycles. The van der Waals surface area contributed by atoms with Crippen LogP contribution < -0.4 is 10.1 Å². The van der Waals surface area contributed by atoms with Gasteiger partial charge in [-0.15, -0.1) is 0 Å². The third-order valence-corrected chi connectivity index (χ3v) is 2.83. The minimum atomic E-state index is -0.0281. The van der Waals surface area contributed by atoms with E-state index in [1.54, 1.807) is 7.11 Å². The Kier molecular flexibility index (Phi) is 3.93. The van der Waals surface area contributed by atoms with Crippen LogP contribution in [0.1, 0.15) is 29.2 Å². The van der Waals surface area contributed by atoms with Crippen LogP contribution in [0.2, 0.25) is 0 Å². The van der Waals surface area contributed by atoms with E-state index in [1.165, 1.54) is 12.5 Å². The Hall–Kier alpha value is -1.51. The number of rotatable bonds is 3. The van der Waals surface area contributed by atoms with Crippen LogP contribution >= 0.6 is 0 Å². The van der Waals surface area contributed by atoms with E-state index < -0.39 is 0 Å². The molecule has 1 amide bonds. The molecule has 0 radical (unpaired) electrons. The van der Waals surface area contributed by atoms with E-state index in [-0.39, 0.29) is 5.91 Å². The molecular weight excluding hydrogens is 202 g/mol. The summed E-state index contributed by atoms with van der Waals surface area (Å²) in [5.41, 5.74) is 4.55. The molecule has 1 rings (SSSR count). The monoisotopic (exact) mass is 221 g/mol. The number of amides is 1. The van der Waals surface area contributed by atoms with Gasteiger partial charge >= 0.3 is 0 Å². The highest BCUT2D eigenvalue weighted by Gasteiger charge is 2.12. The van der Waals surface area contributed by atoms with Crippen LogP contribution in [-0.4, -0.2) is 13.0 Å². The lowest BCUT2D eigenvalue weighted by molar-refractivity contribution is -0.119. The average Bonchev–Trinajstić information content (AvgIpc) is 2.21. The van der Waals surface area contributed by atoms with Gasteiger partial charge in [-0.05, 0) is 37.5 Å². The van der Waals surface area contributed by atoms with Gasteiger partial charge < -0.3 is 10.1 Å². The van der Waals surface area contributed by atoms with Crippen molar-refractivity contribution in [2.75, 3.05) is 7.11 Å². The molecule has 0 spiro atoms. The maximum Gasteiger partial charge on any atom is 0.217 e. The quantitative estimate of drug-likeness (QED) is 0.850. The lowest BCUT2D eigenvalue weighted by Crippen LogP contribution is -2.20. The standard InChI is InChI=1S/C13H19NO2/c1-8-6-9(2)12(7-14-11(4)15)13(16-5)10(8)3/h6H,7H2,1-5H3,(H,14,15). The van der Waals surface area contributed by atoms with Crippen molar-refractivity contribution in [3.8, 4) is 5.75 Å². The van der Waals surface area contributed by atoms with E-state index in [0.717, 1.165) is 22.4 Å². The third kappa shape index (κ3) is 2.54. The van der Waals surface area contributed by atoms with Gasteiger partial charge in [-0.3, -0.25) is 4.79 Å². The molecule has 1 N–H and O–H groups in total. The number of carbonyl (C=O) groups is 1. The second-order valence-corrected chi connectivity index (χ2v) is 4.06. The minimum absolute atomic E-state index is 0.0281. The summed E-state index contributed by atoms with van der Waals surface area (Å²) in [4.78, 5) is 10.9. The molecule has 3 nitrogen and oxygen atoms in total. The Morgan fingerprint density at radius 2 is 1.94 bits per heavy atom. The van der Waals surface area contributed by atoms with Gasteiger partial charge in [0.15, 0.2) is 0 Å². The summed E-state index contributed by atoms with van der Waals surface area (Å²) in [6.45, 7) is 8.17. The number of nitrogens with one attached hydrogen (secondary N) is 1. The van der Waals surface area contributed by atoms with Gasteiger partial charge in [0.1, 0.15) is 5.75 Å². The molecule has 1 aromatic carbocycles. The topological polar surface area (TPSA) is 38.3 Å². The fourth-order valence-electron chi connectivity index (χ4n) is 1.81. The highest BCUT2D eigenvalue weighted by atomic mass is 16.5. The molecule has 3 heteroatoms. The predicted octanol–water partition coefficient (Wildman–Crippen LogP) is 2.26. The SMILES string of the molecule is COc1c(C)c(C)cc(C)c1CNC(C)=O. The van der Waals surface area contributed by atoms with Crippen LogP contribution in [0.15, 0.2) is 6.07 Å². The molecule has 0 atom stereocenters. The normalized spacial score (nSPS) is 10.1. The Labute approximate surface area is 96.8 Å². The Bertz CT molecular complexity index is 411. The van der Waals surface area contributed by atoms with Crippen molar-refractivity contribution in [1.82, 2.24) is 5.32 Å². The Morgan fingerprint density at radius 1 is 1.31 bits per heavy atom. The second-order valence-electron chi connectivity index (χ2n) is 4.06. The van der Waals surface area contributed by atoms with E-state index in [0.29, 0.717) is 6.54 Å². The summed E-state index contributed by atoms with van der Waals surface area (Å²) >= 11 is 0. The number of hydrogen-bond donors (Lipinski definition) is 1. The van der Waals surface area contributed by atoms with Crippen molar-refractivity contribution in [1.29, 1.82) is 0 Å². The summed E-state index contributed by atoms with van der Waals surface area (Å²) in [5.74, 6) is 0.853. The molecule has 1 aromatic rings. The van der Waals surface area contributed by atoms with Gasteiger partial charge in [-0.2, -0.15) is 0 Å². The Balaban J connectivity index is 3.15. The van der Waals surface area contributed by atoms with Crippen molar-refractivity contribution in [3.63, 3.8) is 0 Å². The fourth-order valence-corrected chi connectivity index (χ4v) is 1.81. The maximum atomic E-state index is 10.9. The van der Waals surface area contributed by atoms with Crippen LogP contribution in [-0.2, 0) is 11.3 Å². The van der Waals surface area contributed by atoms with E-state index >= 15 is 0 Å². The van der Waals surface area contributed by atoms with E-state index in [4.69, 9.17) is 4.74 Å². The number of carbonyl (C=O) groups excluding carboxylic acids is 1. The highest BCUT2D eigenvalue weighted by molar-refractivity contribution is 5.73. The van der Waals surface area contributed by atoms with Crippen LogP contribution in [0.3, 0.4) is 0 Å². The predicted molar refractivity (Wildman–Crippen MR) is 64.7 cm³/mol. The molecule has 0 saturated carbocycles. The average molecular weight is 221 g/mol. The number of methoxy groups -OCH3 is 1. The largest absolute Gasteiger partial charge is 0.496 e. The summed E-state index contributed by atoms with van der Waals surface area (Å²) in [6, 6.07) is 2.12. The Morgan fingerprint density at radius 3 is 2.44 bits per heavy atom. The van der Waals surface area contributed by atoms with Crippen molar-refractivity contribution >= 4 is 5.91 Å². The van der Waals surface area contributed by atoms with Crippen LogP contribution in [0.25, 0.3) is 0 Å². The van der Waals surface area contributed by atoms with Gasteiger partial charge in [0.2, 0.25) is 5.91 Å². The molecule has 0 heterocycles. The highest BCUT2D eigenvalue weighted by Crippen LogP contribution is 2.29. The van der Waals surface area contributed by atoms with Gasteiger partial charge in [0.05, 0.1) is 7.11 Å². The first-order chi connectivity index (χ1) is 7.47. The number of aryl methyl sites for hydroxylation is 2. The summed E-state index contributed by atoms with van der Waals surface area (Å²) < 4.78 is 5.42. The minimum Gasteiger partial charge on any atom is -0.496 e. The first-order valence-corrected chi connectivity index (χ1v) is 5.35. The van der Waals surface area contributed by atoms with Crippen LogP contribution in [0.5, 0.6) is 5.75 Å². The number of ether oxygens (including phenoxy) is 1. The molecule has 0 saturated heterocycles. The smallest absolute Gasteiger partial charge is 0.217 e. The number of benzene rings is 1. The third-order valence-electron chi connectivity index (χ3n) is 2.83. The van der Waals surface area contributed by atoms with Gasteiger partial charge in [0, 0.05) is 19.0 Å². The van der Waals surface area contributed by atoms with Crippen molar-refractivity contribution in [2.45, 2.75) is 34.2 Å². The van der Waals surface area contributed by atoms with Crippen LogP contribution in [0.4, 0.5) is 0 Å². The molecule has 0 unspecified atom stereocenters. The molecule has 0 aromatic heterocycles. The van der Waals surface area contributed by atoms with Gasteiger partial charge in [-0.1, -0.05) is 6.07 Å². The molecule has 0 aliphatic rings. The zero-order valence-electron chi connectivity index (χ0n) is 10.6. The molecule has 88 valence electrons. The van der Waals surface area contributed by atoms with E-state index in [1.807, 2.05) is 13.8 Å². The van der Waals surface area contributed by atoms with E-state index in [9.17, 15) is 4.79 Å². The summed E-state index contributed by atoms with van der Waals surface area (Å²) in [6.07, 6.45) is 0. The maximum absolute atomic E-state index is 10.9. The fraction of sp³-hybridized carbons (Fsp3) is 0.462. The molecule has 0 bridgehead atoms. The van der Waals surface area contributed by atoms with Crippen molar-refractivity contribution in [3.05, 3.63) is 28.3 Å². The molecule has 0 fully saturated rings. The summed E-state index contributed by atoms with van der Waals surface area (Å²) in [7, 11) is 1.67. The lowest BCUT2D eigenvalue weighted by Gasteiger charge is -2.16. The molecular formula is C13H19NO2. The van der Waals surface area contributed by atoms with Crippen molar-refractivity contribution in [2.24, 2.45) is 0 Å². The first-order valence-electron chi connectivity index (χ1n) is 5.35. The molecule has 16 heavy (non-hydrogen) atoms.